The summed E-state index contributed by atoms with van der Waals surface area (Å²) >= 11 is 0. The van der Waals surface area contributed by atoms with Crippen LogP contribution < -0.4 is 26.0 Å². The number of ketones is 1. The lowest BCUT2D eigenvalue weighted by atomic mass is 9.82. The SMILES string of the molecule is CO[C@@H]1[C@H](O)C(O)[C@H](Oc2ccc3cc(NC(=O)CCCCCCC(=O)Cc4cc5ccc(O[C@@H]6OC(C)(C)[C@H](C)[C@H](O)C6O)cc5oc4=O)c(=O)oc3c2)OC1(C)C. The molecule has 2 aromatic carbocycles. The van der Waals surface area contributed by atoms with Crippen molar-refractivity contribution >= 4 is 39.3 Å². The summed E-state index contributed by atoms with van der Waals surface area (Å²) in [7, 11) is 1.41. The van der Waals surface area contributed by atoms with E-state index in [4.69, 9.17) is 32.5 Å². The molecule has 0 spiro atoms. The highest BCUT2D eigenvalue weighted by Crippen LogP contribution is 2.36. The van der Waals surface area contributed by atoms with E-state index < -0.39 is 65.6 Å². The topological polar surface area (TPSA) is 234 Å². The van der Waals surface area contributed by atoms with Gasteiger partial charge in [-0.05, 0) is 76.9 Å². The van der Waals surface area contributed by atoms with Gasteiger partial charge in [0.1, 0.15) is 58.6 Å². The number of aliphatic hydroxyl groups is 4. The first-order valence-electron chi connectivity index (χ1n) is 19.8. The fourth-order valence-corrected chi connectivity index (χ4v) is 7.47. The molecular formula is C43H53NO15. The van der Waals surface area contributed by atoms with Crippen LogP contribution in [0.2, 0.25) is 0 Å². The predicted octanol–water partition coefficient (Wildman–Crippen LogP) is 4.11. The number of Topliss-reactive ketones (excluding diaryl/α,β-unsaturated/α-hetero) is 1. The molecule has 8 atom stereocenters. The number of unbranched alkanes of at least 4 members (excludes halogenated alkanes) is 3. The van der Waals surface area contributed by atoms with Crippen LogP contribution in [0, 0.1) is 5.92 Å². The minimum absolute atomic E-state index is 0.0244. The Labute approximate surface area is 340 Å². The van der Waals surface area contributed by atoms with Gasteiger partial charge in [-0.2, -0.15) is 0 Å². The van der Waals surface area contributed by atoms with E-state index in [9.17, 15) is 39.6 Å². The van der Waals surface area contributed by atoms with Gasteiger partial charge in [0.2, 0.25) is 18.5 Å². The van der Waals surface area contributed by atoms with Crippen LogP contribution in [0.5, 0.6) is 11.5 Å². The van der Waals surface area contributed by atoms with Crippen LogP contribution in [0.15, 0.2) is 67.0 Å². The second kappa shape index (κ2) is 17.9. The van der Waals surface area contributed by atoms with Gasteiger partial charge < -0.3 is 58.3 Å². The average molecular weight is 824 g/mol. The summed E-state index contributed by atoms with van der Waals surface area (Å²) in [5.41, 5.74) is -2.52. The van der Waals surface area contributed by atoms with Gasteiger partial charge in [0.05, 0.1) is 17.3 Å². The monoisotopic (exact) mass is 823 g/mol. The second-order valence-electron chi connectivity index (χ2n) is 16.4. The molecule has 0 aliphatic carbocycles. The number of benzene rings is 2. The number of fused-ring (bicyclic) bond motifs is 2. The predicted molar refractivity (Wildman–Crippen MR) is 213 cm³/mol. The van der Waals surface area contributed by atoms with Crippen LogP contribution in [-0.2, 0) is 30.2 Å². The lowest BCUT2D eigenvalue weighted by Gasteiger charge is -2.46. The molecule has 16 nitrogen and oxygen atoms in total. The van der Waals surface area contributed by atoms with Crippen LogP contribution >= 0.6 is 0 Å². The highest BCUT2D eigenvalue weighted by atomic mass is 16.7. The minimum Gasteiger partial charge on any atom is -0.462 e. The first kappa shape index (κ1) is 43.9. The molecule has 0 bridgehead atoms. The molecule has 2 unspecified atom stereocenters. The molecule has 2 aromatic heterocycles. The van der Waals surface area contributed by atoms with Crippen LogP contribution in [0.1, 0.15) is 78.7 Å². The van der Waals surface area contributed by atoms with Gasteiger partial charge in [-0.3, -0.25) is 9.59 Å². The minimum atomic E-state index is -1.41. The van der Waals surface area contributed by atoms with E-state index in [0.29, 0.717) is 36.5 Å². The molecule has 2 fully saturated rings. The van der Waals surface area contributed by atoms with Crippen molar-refractivity contribution in [1.29, 1.82) is 0 Å². The maximum Gasteiger partial charge on any atom is 0.360 e. The van der Waals surface area contributed by atoms with E-state index in [1.54, 1.807) is 65.0 Å². The lowest BCUT2D eigenvalue weighted by molar-refractivity contribution is -0.305. The number of carbonyl (C=O) groups excluding carboxylic acids is 2. The number of rotatable bonds is 15. The fourth-order valence-electron chi connectivity index (χ4n) is 7.47. The molecule has 0 radical (unpaired) electrons. The van der Waals surface area contributed by atoms with Crippen molar-refractivity contribution in [2.24, 2.45) is 5.92 Å². The van der Waals surface area contributed by atoms with Crippen molar-refractivity contribution in [3.63, 3.8) is 0 Å². The third-order valence-electron chi connectivity index (χ3n) is 11.2. The molecule has 320 valence electrons. The van der Waals surface area contributed by atoms with Crippen molar-refractivity contribution in [3.8, 4) is 11.5 Å². The Morgan fingerprint density at radius 2 is 1.24 bits per heavy atom. The van der Waals surface area contributed by atoms with Crippen LogP contribution in [0.4, 0.5) is 5.69 Å². The third kappa shape index (κ3) is 10.0. The van der Waals surface area contributed by atoms with Crippen LogP contribution in [0.25, 0.3) is 21.9 Å². The van der Waals surface area contributed by atoms with E-state index in [0.717, 1.165) is 0 Å². The Morgan fingerprint density at radius 3 is 1.85 bits per heavy atom. The highest BCUT2D eigenvalue weighted by molar-refractivity contribution is 5.92. The number of hydrogen-bond donors (Lipinski definition) is 5. The average Bonchev–Trinajstić information content (AvgIpc) is 3.17. The fraction of sp³-hybridized carbons (Fsp3) is 0.535. The molecule has 1 amide bonds. The van der Waals surface area contributed by atoms with Crippen molar-refractivity contribution in [2.45, 2.75) is 134 Å². The Kier molecular flexibility index (Phi) is 13.3. The quantitative estimate of drug-likeness (QED) is 0.0839. The van der Waals surface area contributed by atoms with Gasteiger partial charge in [0.15, 0.2) is 0 Å². The van der Waals surface area contributed by atoms with Gasteiger partial charge in [-0.25, -0.2) is 9.59 Å². The molecule has 2 aliphatic rings. The summed E-state index contributed by atoms with van der Waals surface area (Å²) < 4.78 is 39.6. The van der Waals surface area contributed by atoms with Crippen molar-refractivity contribution in [3.05, 3.63) is 74.9 Å². The number of ether oxygens (including phenoxy) is 5. The number of hydrogen-bond acceptors (Lipinski definition) is 15. The molecule has 5 N–H and O–H groups in total. The molecule has 6 rings (SSSR count). The standard InChI is InChI=1S/C43H53NO15/c1-22-33(47)35(49)40(58-42(22,2)3)54-27-15-13-23-17-25(38(51)56-30(23)20-27)18-26(45)11-9-7-8-10-12-32(46)44-29-19-24-14-16-28(21-31(24)57-39(29)52)55-41-36(50)34(48)37(53-6)43(4,5)59-41/h13-17,19-22,33-37,40-41,47-50H,7-12,18H2,1-6H3,(H,44,46)/t22-,33+,34-,35?,36?,37-,40-,41-/m1/s1. The molecule has 2 aliphatic heterocycles. The molecule has 4 heterocycles. The maximum absolute atomic E-state index is 12.8. The molecule has 0 saturated carbocycles. The summed E-state index contributed by atoms with van der Waals surface area (Å²) in [6, 6.07) is 12.5. The smallest absolute Gasteiger partial charge is 0.360 e. The summed E-state index contributed by atoms with van der Waals surface area (Å²) in [5.74, 6) is -0.338. The Morgan fingerprint density at radius 1 is 0.695 bits per heavy atom. The third-order valence-corrected chi connectivity index (χ3v) is 11.2. The lowest BCUT2D eigenvalue weighted by Crippen LogP contribution is -2.63. The summed E-state index contributed by atoms with van der Waals surface area (Å²) in [5, 5.41) is 45.7. The summed E-state index contributed by atoms with van der Waals surface area (Å²) in [6.07, 6.45) is -5.42. The van der Waals surface area contributed by atoms with E-state index in [-0.39, 0.29) is 70.8 Å². The Bertz CT molecular complexity index is 2260. The summed E-state index contributed by atoms with van der Waals surface area (Å²) in [4.78, 5) is 50.9. The normalized spacial score (nSPS) is 26.4. The largest absolute Gasteiger partial charge is 0.462 e. The highest BCUT2D eigenvalue weighted by Gasteiger charge is 2.51. The van der Waals surface area contributed by atoms with E-state index >= 15 is 0 Å². The van der Waals surface area contributed by atoms with Crippen molar-refractivity contribution < 1.29 is 62.5 Å². The molecule has 59 heavy (non-hydrogen) atoms. The molecule has 2 saturated heterocycles. The first-order valence-corrected chi connectivity index (χ1v) is 19.8. The van der Waals surface area contributed by atoms with Crippen LogP contribution in [-0.4, -0.2) is 93.5 Å². The number of anilines is 1. The van der Waals surface area contributed by atoms with E-state index in [2.05, 4.69) is 5.32 Å². The number of methoxy groups -OCH3 is 1. The van der Waals surface area contributed by atoms with Gasteiger partial charge >= 0.3 is 11.3 Å². The first-order chi connectivity index (χ1) is 27.9. The summed E-state index contributed by atoms with van der Waals surface area (Å²) in [6.45, 7) is 8.79. The number of carbonyl (C=O) groups is 2. The molecular weight excluding hydrogens is 770 g/mol. The zero-order chi connectivity index (χ0) is 42.8. The number of aliphatic hydroxyl groups excluding tert-OH is 4. The number of amides is 1. The Hall–Kier alpha value is -4.68. The molecule has 16 heteroatoms. The van der Waals surface area contributed by atoms with Crippen molar-refractivity contribution in [1.82, 2.24) is 0 Å². The second-order valence-corrected chi connectivity index (χ2v) is 16.4. The zero-order valence-electron chi connectivity index (χ0n) is 34.0. The van der Waals surface area contributed by atoms with E-state index in [1.165, 1.54) is 25.3 Å². The zero-order valence-corrected chi connectivity index (χ0v) is 34.0. The molecule has 4 aromatic rings. The number of nitrogens with one attached hydrogen (secondary N) is 1. The van der Waals surface area contributed by atoms with Gasteiger partial charge in [0, 0.05) is 60.8 Å². The Balaban J connectivity index is 0.927. The van der Waals surface area contributed by atoms with Crippen molar-refractivity contribution in [2.75, 3.05) is 12.4 Å². The maximum atomic E-state index is 12.8. The van der Waals surface area contributed by atoms with E-state index in [1.807, 2.05) is 0 Å². The van der Waals surface area contributed by atoms with Gasteiger partial charge in [-0.15, -0.1) is 0 Å². The van der Waals surface area contributed by atoms with Crippen LogP contribution in [0.3, 0.4) is 0 Å². The van der Waals surface area contributed by atoms with Gasteiger partial charge in [-0.1, -0.05) is 19.8 Å². The van der Waals surface area contributed by atoms with Gasteiger partial charge in [0.25, 0.3) is 0 Å².